The first-order valence-electron chi connectivity index (χ1n) is 6.25. The van der Waals surface area contributed by atoms with Crippen LogP contribution >= 0.6 is 0 Å². The number of amides is 1. The van der Waals surface area contributed by atoms with E-state index in [1.165, 1.54) is 0 Å². The van der Waals surface area contributed by atoms with Gasteiger partial charge in [0.2, 0.25) is 5.84 Å². The second kappa shape index (κ2) is 6.01. The van der Waals surface area contributed by atoms with Crippen LogP contribution < -0.4 is 10.6 Å². The molecule has 20 heavy (non-hydrogen) atoms. The molecule has 0 aliphatic carbocycles. The van der Waals surface area contributed by atoms with Crippen LogP contribution in [-0.2, 0) is 0 Å². The molecule has 6 heteroatoms. The highest BCUT2D eigenvalue weighted by molar-refractivity contribution is 6.02. The van der Waals surface area contributed by atoms with Crippen molar-refractivity contribution in [3.63, 3.8) is 0 Å². The molecule has 6 nitrogen and oxygen atoms in total. The fourth-order valence-corrected chi connectivity index (χ4v) is 1.54. The van der Waals surface area contributed by atoms with Gasteiger partial charge in [0.1, 0.15) is 11.4 Å². The summed E-state index contributed by atoms with van der Waals surface area (Å²) >= 11 is 0. The predicted molar refractivity (Wildman–Crippen MR) is 79.4 cm³/mol. The molecule has 0 fully saturated rings. The Morgan fingerprint density at radius 3 is 2.20 bits per heavy atom. The number of hydrogen-bond acceptors (Lipinski definition) is 2. The molecule has 0 radical (unpaired) electrons. The van der Waals surface area contributed by atoms with Crippen LogP contribution in [0.25, 0.3) is 0 Å². The summed E-state index contributed by atoms with van der Waals surface area (Å²) in [7, 11) is 3.95. The summed E-state index contributed by atoms with van der Waals surface area (Å²) in [5, 5.41) is 12.4. The number of carbonyl (C=O) groups is 1. The van der Waals surface area contributed by atoms with Crippen LogP contribution in [0.4, 0.5) is 11.4 Å². The van der Waals surface area contributed by atoms with Crippen molar-refractivity contribution in [1.82, 2.24) is 10.2 Å². The number of anilines is 2. The molecule has 0 saturated heterocycles. The molecule has 1 aromatic carbocycles. The van der Waals surface area contributed by atoms with Gasteiger partial charge in [-0.05, 0) is 30.3 Å². The predicted octanol–water partition coefficient (Wildman–Crippen LogP) is 1.76. The molecule has 3 N–H and O–H groups in total. The first-order chi connectivity index (χ1) is 9.56. The van der Waals surface area contributed by atoms with E-state index in [4.69, 9.17) is 0 Å². The number of hydrogen-bond donors (Lipinski definition) is 3. The Morgan fingerprint density at radius 1 is 1.10 bits per heavy atom. The van der Waals surface area contributed by atoms with Crippen LogP contribution in [0.3, 0.4) is 0 Å². The third-order valence-corrected chi connectivity index (χ3v) is 2.88. The van der Waals surface area contributed by atoms with Gasteiger partial charge in [-0.15, -0.1) is 0 Å². The van der Waals surface area contributed by atoms with E-state index in [-0.39, 0.29) is 5.91 Å². The lowest BCUT2D eigenvalue weighted by Crippen LogP contribution is -2.18. The molecule has 1 heterocycles. The summed E-state index contributed by atoms with van der Waals surface area (Å²) in [5.74, 6) is 0.832. The van der Waals surface area contributed by atoms with E-state index in [9.17, 15) is 4.79 Å². The van der Waals surface area contributed by atoms with Crippen LogP contribution in [-0.4, -0.2) is 40.6 Å². The van der Waals surface area contributed by atoms with E-state index in [1.54, 1.807) is 12.3 Å². The van der Waals surface area contributed by atoms with Crippen molar-refractivity contribution in [2.24, 2.45) is 0 Å². The average Bonchev–Trinajstić information content (AvgIpc) is 2.95. The Balaban J connectivity index is 2.02. The van der Waals surface area contributed by atoms with Crippen molar-refractivity contribution in [2.45, 2.75) is 6.92 Å². The van der Waals surface area contributed by atoms with Gasteiger partial charge in [-0.3, -0.25) is 14.5 Å². The van der Waals surface area contributed by atoms with Crippen molar-refractivity contribution >= 4 is 23.1 Å². The number of H-pyrrole nitrogens is 1. The van der Waals surface area contributed by atoms with E-state index in [1.807, 2.05) is 49.9 Å². The number of carbonyl (C=O) groups excluding carboxylic acids is 1. The Labute approximate surface area is 117 Å². The molecule has 1 amide bonds. The molecule has 2 aromatic rings. The number of amidine groups is 1. The van der Waals surface area contributed by atoms with Gasteiger partial charge in [0.15, 0.2) is 0 Å². The third kappa shape index (κ3) is 3.44. The highest BCUT2D eigenvalue weighted by atomic mass is 16.1. The molecular weight excluding hydrogens is 254 g/mol. The van der Waals surface area contributed by atoms with Gasteiger partial charge in [-0.1, -0.05) is 0 Å². The van der Waals surface area contributed by atoms with Crippen LogP contribution in [0.5, 0.6) is 0 Å². The zero-order valence-electron chi connectivity index (χ0n) is 11.8. The largest absolute Gasteiger partial charge is 0.321 e. The number of nitrogens with zero attached hydrogens (tertiary/aromatic N) is 2. The number of rotatable bonds is 3. The average molecular weight is 272 g/mol. The standard InChI is InChI=1S/C14H17N5O/c1-10(19(2)3)16-11-4-6-12(7-5-11)17-14(20)13-8-9-15-18-13/h4-9H,1-3H3,(H2,15,17,18,20)/p+1. The zero-order valence-corrected chi connectivity index (χ0v) is 11.8. The van der Waals surface area contributed by atoms with Crippen molar-refractivity contribution in [3.8, 4) is 0 Å². The fourth-order valence-electron chi connectivity index (χ4n) is 1.54. The van der Waals surface area contributed by atoms with Crippen LogP contribution in [0.15, 0.2) is 36.5 Å². The molecule has 2 rings (SSSR count). The van der Waals surface area contributed by atoms with E-state index in [0.29, 0.717) is 5.69 Å². The highest BCUT2D eigenvalue weighted by Crippen LogP contribution is 2.14. The Morgan fingerprint density at radius 2 is 1.70 bits per heavy atom. The molecule has 0 aliphatic heterocycles. The second-order valence-corrected chi connectivity index (χ2v) is 4.61. The first kappa shape index (κ1) is 13.8. The smallest absolute Gasteiger partial charge is 0.273 e. The molecule has 0 unspecified atom stereocenters. The van der Waals surface area contributed by atoms with Gasteiger partial charge in [-0.25, -0.2) is 5.32 Å². The van der Waals surface area contributed by atoms with Crippen LogP contribution in [0.2, 0.25) is 0 Å². The normalized spacial score (nSPS) is 9.95. The lowest BCUT2D eigenvalue weighted by molar-refractivity contribution is -0.464. The Hall–Kier alpha value is -2.63. The van der Waals surface area contributed by atoms with Crippen LogP contribution in [0.1, 0.15) is 17.4 Å². The van der Waals surface area contributed by atoms with Gasteiger partial charge in [0, 0.05) is 18.8 Å². The topological polar surface area (TPSA) is 72.8 Å². The summed E-state index contributed by atoms with van der Waals surface area (Å²) in [6, 6.07) is 9.14. The molecule has 0 aliphatic rings. The third-order valence-electron chi connectivity index (χ3n) is 2.88. The van der Waals surface area contributed by atoms with Gasteiger partial charge in [0.05, 0.1) is 14.1 Å². The van der Waals surface area contributed by atoms with E-state index >= 15 is 0 Å². The quantitative estimate of drug-likeness (QED) is 0.453. The number of aromatic amines is 1. The minimum absolute atomic E-state index is 0.209. The molecule has 0 atom stereocenters. The summed E-state index contributed by atoms with van der Waals surface area (Å²) in [6.45, 7) is 1.99. The number of nitrogens with one attached hydrogen (secondary N) is 3. The molecular formula is C14H18N5O+. The molecule has 1 aromatic heterocycles. The van der Waals surface area contributed by atoms with Crippen molar-refractivity contribution in [3.05, 3.63) is 42.2 Å². The number of aromatic nitrogens is 2. The van der Waals surface area contributed by atoms with Crippen LogP contribution in [0, 0.1) is 0 Å². The zero-order chi connectivity index (χ0) is 14.5. The lowest BCUT2D eigenvalue weighted by Gasteiger charge is -2.05. The van der Waals surface area contributed by atoms with Gasteiger partial charge in [0.25, 0.3) is 5.91 Å². The lowest BCUT2D eigenvalue weighted by atomic mass is 10.2. The summed E-state index contributed by atoms with van der Waals surface area (Å²) in [5.41, 5.74) is 2.14. The van der Waals surface area contributed by atoms with E-state index in [0.717, 1.165) is 17.2 Å². The van der Waals surface area contributed by atoms with E-state index in [2.05, 4.69) is 20.8 Å². The summed E-state index contributed by atoms with van der Waals surface area (Å²) in [6.07, 6.45) is 1.54. The minimum Gasteiger partial charge on any atom is -0.321 e. The van der Waals surface area contributed by atoms with Gasteiger partial charge < -0.3 is 5.32 Å². The Bertz CT molecular complexity index is 610. The number of benzene rings is 1. The fraction of sp³-hybridized carbons (Fsp3) is 0.214. The summed E-state index contributed by atoms with van der Waals surface area (Å²) in [4.78, 5) is 11.8. The summed E-state index contributed by atoms with van der Waals surface area (Å²) < 4.78 is 1.99. The second-order valence-electron chi connectivity index (χ2n) is 4.61. The first-order valence-corrected chi connectivity index (χ1v) is 6.25. The molecule has 0 spiro atoms. The molecule has 104 valence electrons. The maximum Gasteiger partial charge on any atom is 0.273 e. The van der Waals surface area contributed by atoms with E-state index < -0.39 is 0 Å². The van der Waals surface area contributed by atoms with Crippen molar-refractivity contribution < 1.29 is 9.37 Å². The monoisotopic (exact) mass is 272 g/mol. The van der Waals surface area contributed by atoms with Gasteiger partial charge in [-0.2, -0.15) is 5.10 Å². The van der Waals surface area contributed by atoms with Crippen molar-refractivity contribution in [1.29, 1.82) is 0 Å². The highest BCUT2D eigenvalue weighted by Gasteiger charge is 2.08. The molecule has 0 saturated carbocycles. The van der Waals surface area contributed by atoms with Gasteiger partial charge >= 0.3 is 0 Å². The minimum atomic E-state index is -0.209. The maximum absolute atomic E-state index is 11.8. The Kier molecular flexibility index (Phi) is 4.14. The van der Waals surface area contributed by atoms with Crippen molar-refractivity contribution in [2.75, 3.05) is 24.7 Å². The molecule has 0 bridgehead atoms. The maximum atomic E-state index is 11.8. The SMILES string of the molecule is CC(Nc1ccc(NC(=O)c2ccn[nH]2)cc1)=[N+](C)C.